The molecule has 19 heavy (non-hydrogen) atoms. The number of hydrogen-bond donors (Lipinski definition) is 2. The molecule has 0 saturated carbocycles. The van der Waals surface area contributed by atoms with Crippen LogP contribution in [0.2, 0.25) is 0 Å². The number of cyclic esters (lactones) is 1. The first kappa shape index (κ1) is 13.7. The van der Waals surface area contributed by atoms with Crippen LogP contribution in [0, 0.1) is 5.41 Å². The predicted molar refractivity (Wildman–Crippen MR) is 74.5 cm³/mol. The van der Waals surface area contributed by atoms with Crippen LogP contribution < -0.4 is 10.2 Å². The van der Waals surface area contributed by atoms with Crippen LogP contribution in [-0.4, -0.2) is 37.5 Å². The molecule has 2 rings (SSSR count). The van der Waals surface area contributed by atoms with E-state index in [2.05, 4.69) is 5.32 Å². The average molecular weight is 264 g/mol. The van der Waals surface area contributed by atoms with Gasteiger partial charge >= 0.3 is 6.09 Å². The first-order valence-electron chi connectivity index (χ1n) is 6.41. The molecule has 1 saturated heterocycles. The van der Waals surface area contributed by atoms with Crippen molar-refractivity contribution in [3.63, 3.8) is 0 Å². The quantitative estimate of drug-likeness (QED) is 0.854. The lowest BCUT2D eigenvalue weighted by Crippen LogP contribution is -2.27. The van der Waals surface area contributed by atoms with E-state index in [4.69, 9.17) is 4.74 Å². The summed E-state index contributed by atoms with van der Waals surface area (Å²) in [4.78, 5) is 13.1. The van der Waals surface area contributed by atoms with Gasteiger partial charge in [-0.15, -0.1) is 0 Å². The monoisotopic (exact) mass is 264 g/mol. The largest absolute Gasteiger partial charge is 0.447 e. The number of nitrogens with zero attached hydrogens (tertiary/aromatic N) is 1. The van der Waals surface area contributed by atoms with Gasteiger partial charge in [0.05, 0.1) is 6.54 Å². The molecule has 1 aliphatic heterocycles. The lowest BCUT2D eigenvalue weighted by molar-refractivity contribution is 0.171. The zero-order chi connectivity index (χ0) is 13.9. The van der Waals surface area contributed by atoms with Crippen LogP contribution in [0.1, 0.15) is 13.8 Å². The molecule has 1 aromatic carbocycles. The number of carbonyl (C=O) groups excluding carboxylic acids is 1. The average Bonchev–Trinajstić information content (AvgIpc) is 2.83. The van der Waals surface area contributed by atoms with Crippen LogP contribution in [0.4, 0.5) is 16.2 Å². The Hall–Kier alpha value is -1.75. The molecule has 0 unspecified atom stereocenters. The molecule has 0 bridgehead atoms. The lowest BCUT2D eigenvalue weighted by Gasteiger charge is -2.23. The van der Waals surface area contributed by atoms with E-state index >= 15 is 0 Å². The summed E-state index contributed by atoms with van der Waals surface area (Å²) < 4.78 is 4.92. The molecule has 0 spiro atoms. The summed E-state index contributed by atoms with van der Waals surface area (Å²) in [5, 5.41) is 12.5. The summed E-state index contributed by atoms with van der Waals surface area (Å²) in [6.07, 6.45) is -0.298. The van der Waals surface area contributed by atoms with Gasteiger partial charge in [-0.3, -0.25) is 4.90 Å². The highest BCUT2D eigenvalue weighted by Gasteiger charge is 2.23. The number of rotatable bonds is 5. The summed E-state index contributed by atoms with van der Waals surface area (Å²) in [7, 11) is 0. The van der Waals surface area contributed by atoms with Gasteiger partial charge in [-0.1, -0.05) is 19.9 Å². The minimum atomic E-state index is -0.298. The molecule has 5 nitrogen and oxygen atoms in total. The van der Waals surface area contributed by atoms with Crippen molar-refractivity contribution in [3.8, 4) is 0 Å². The molecule has 1 heterocycles. The topological polar surface area (TPSA) is 61.8 Å². The van der Waals surface area contributed by atoms with Gasteiger partial charge in [-0.05, 0) is 18.2 Å². The second-order valence-corrected chi connectivity index (χ2v) is 5.49. The maximum absolute atomic E-state index is 11.5. The van der Waals surface area contributed by atoms with Crippen molar-refractivity contribution in [2.75, 3.05) is 36.5 Å². The molecule has 1 fully saturated rings. The number of aliphatic hydroxyl groups is 1. The maximum atomic E-state index is 11.5. The number of hydrogen-bond acceptors (Lipinski definition) is 4. The summed E-state index contributed by atoms with van der Waals surface area (Å²) in [5.41, 5.74) is 1.58. The van der Waals surface area contributed by atoms with Crippen LogP contribution in [0.15, 0.2) is 24.3 Å². The van der Waals surface area contributed by atoms with E-state index in [9.17, 15) is 9.90 Å². The van der Waals surface area contributed by atoms with Gasteiger partial charge in [-0.2, -0.15) is 0 Å². The van der Waals surface area contributed by atoms with E-state index in [-0.39, 0.29) is 18.1 Å². The van der Waals surface area contributed by atoms with Crippen LogP contribution in [-0.2, 0) is 4.74 Å². The highest BCUT2D eigenvalue weighted by atomic mass is 16.6. The van der Waals surface area contributed by atoms with E-state index < -0.39 is 0 Å². The molecular weight excluding hydrogens is 244 g/mol. The van der Waals surface area contributed by atoms with Crippen LogP contribution in [0.5, 0.6) is 0 Å². The molecule has 2 N–H and O–H groups in total. The molecular formula is C14H20N2O3. The number of aliphatic hydroxyl groups excluding tert-OH is 1. The number of benzene rings is 1. The summed E-state index contributed by atoms with van der Waals surface area (Å²) in [5.74, 6) is 0. The van der Waals surface area contributed by atoms with E-state index in [0.717, 1.165) is 11.4 Å². The molecule has 104 valence electrons. The fraction of sp³-hybridized carbons (Fsp3) is 0.500. The molecule has 0 atom stereocenters. The van der Waals surface area contributed by atoms with Gasteiger partial charge in [0.25, 0.3) is 0 Å². The van der Waals surface area contributed by atoms with Crippen molar-refractivity contribution in [2.24, 2.45) is 5.41 Å². The Morgan fingerprint density at radius 3 is 2.89 bits per heavy atom. The third kappa shape index (κ3) is 3.38. The molecule has 0 radical (unpaired) electrons. The zero-order valence-electron chi connectivity index (χ0n) is 11.3. The minimum absolute atomic E-state index is 0.123. The predicted octanol–water partition coefficient (Wildman–Crippen LogP) is 2.07. The Kier molecular flexibility index (Phi) is 3.95. The van der Waals surface area contributed by atoms with Gasteiger partial charge in [0.15, 0.2) is 0 Å². The highest BCUT2D eigenvalue weighted by Crippen LogP contribution is 2.23. The van der Waals surface area contributed by atoms with Gasteiger partial charge in [0.2, 0.25) is 0 Å². The Morgan fingerprint density at radius 2 is 2.26 bits per heavy atom. The number of anilines is 2. The zero-order valence-corrected chi connectivity index (χ0v) is 11.3. The molecule has 5 heteroatoms. The van der Waals surface area contributed by atoms with Crippen molar-refractivity contribution < 1.29 is 14.6 Å². The second-order valence-electron chi connectivity index (χ2n) is 5.49. The first-order valence-corrected chi connectivity index (χ1v) is 6.41. The Morgan fingerprint density at radius 1 is 1.47 bits per heavy atom. The SMILES string of the molecule is CC(C)(CO)CNc1cccc(N2CCOC2=O)c1. The number of amides is 1. The molecule has 0 aromatic heterocycles. The van der Waals surface area contributed by atoms with Crippen LogP contribution in [0.25, 0.3) is 0 Å². The Labute approximate surface area is 113 Å². The van der Waals surface area contributed by atoms with Gasteiger partial charge < -0.3 is 15.2 Å². The summed E-state index contributed by atoms with van der Waals surface area (Å²) in [6.45, 7) is 5.79. The smallest absolute Gasteiger partial charge is 0.414 e. The molecule has 0 aliphatic carbocycles. The van der Waals surface area contributed by atoms with Crippen LogP contribution in [0.3, 0.4) is 0 Å². The van der Waals surface area contributed by atoms with E-state index in [1.807, 2.05) is 38.1 Å². The first-order chi connectivity index (χ1) is 9.02. The van der Waals surface area contributed by atoms with Crippen LogP contribution >= 0.6 is 0 Å². The van der Waals surface area contributed by atoms with Gasteiger partial charge in [-0.25, -0.2) is 4.79 Å². The van der Waals surface area contributed by atoms with Gasteiger partial charge in [0.1, 0.15) is 6.61 Å². The molecule has 1 amide bonds. The van der Waals surface area contributed by atoms with Crippen molar-refractivity contribution in [1.82, 2.24) is 0 Å². The highest BCUT2D eigenvalue weighted by molar-refractivity contribution is 5.89. The fourth-order valence-electron chi connectivity index (χ4n) is 1.81. The Balaban J connectivity index is 2.05. The minimum Gasteiger partial charge on any atom is -0.447 e. The van der Waals surface area contributed by atoms with E-state index in [1.165, 1.54) is 0 Å². The fourth-order valence-corrected chi connectivity index (χ4v) is 1.81. The Bertz CT molecular complexity index is 460. The summed E-state index contributed by atoms with van der Waals surface area (Å²) in [6, 6.07) is 7.64. The maximum Gasteiger partial charge on any atom is 0.414 e. The van der Waals surface area contributed by atoms with Crippen molar-refractivity contribution in [1.29, 1.82) is 0 Å². The standard InChI is InChI=1S/C14H20N2O3/c1-14(2,10-17)9-15-11-4-3-5-12(8-11)16-6-7-19-13(16)18/h3-5,8,15,17H,6-7,9-10H2,1-2H3. The third-order valence-electron chi connectivity index (χ3n) is 3.12. The molecule has 1 aromatic rings. The van der Waals surface area contributed by atoms with E-state index in [1.54, 1.807) is 4.90 Å². The third-order valence-corrected chi connectivity index (χ3v) is 3.12. The van der Waals surface area contributed by atoms with Crippen molar-refractivity contribution in [3.05, 3.63) is 24.3 Å². The second kappa shape index (κ2) is 5.48. The van der Waals surface area contributed by atoms with E-state index in [0.29, 0.717) is 19.7 Å². The van der Waals surface area contributed by atoms with Crippen molar-refractivity contribution >= 4 is 17.5 Å². The summed E-state index contributed by atoms with van der Waals surface area (Å²) >= 11 is 0. The lowest BCUT2D eigenvalue weighted by atomic mass is 9.95. The van der Waals surface area contributed by atoms with Gasteiger partial charge in [0, 0.05) is 29.9 Å². The number of nitrogens with one attached hydrogen (secondary N) is 1. The number of carbonyl (C=O) groups is 1. The number of ether oxygens (including phenoxy) is 1. The van der Waals surface area contributed by atoms with Crippen molar-refractivity contribution in [2.45, 2.75) is 13.8 Å². The normalized spacial score (nSPS) is 15.5. The molecule has 1 aliphatic rings.